The van der Waals surface area contributed by atoms with Crippen LogP contribution in [-0.4, -0.2) is 39.6 Å². The first kappa shape index (κ1) is 21.7. The monoisotopic (exact) mass is 416 g/mol. The molecule has 1 atom stereocenters. The number of rotatable bonds is 10. The Labute approximate surface area is 175 Å². The quantitative estimate of drug-likeness (QED) is 0.562. The zero-order chi connectivity index (χ0) is 20.7. The number of hydrogen-bond acceptors (Lipinski definition) is 4. The van der Waals surface area contributed by atoms with E-state index in [0.717, 1.165) is 38.9 Å². The minimum atomic E-state index is -3.62. The van der Waals surface area contributed by atoms with E-state index in [1.54, 1.807) is 24.3 Å². The molecule has 0 aliphatic carbocycles. The topological polar surface area (TPSA) is 58.6 Å². The zero-order valence-corrected chi connectivity index (χ0v) is 18.2. The first-order chi connectivity index (χ1) is 14.0. The Morgan fingerprint density at radius 1 is 1.03 bits per heavy atom. The predicted molar refractivity (Wildman–Crippen MR) is 118 cm³/mol. The van der Waals surface area contributed by atoms with E-state index in [9.17, 15) is 8.42 Å². The molecule has 1 fully saturated rings. The highest BCUT2D eigenvalue weighted by atomic mass is 32.2. The Morgan fingerprint density at radius 3 is 2.41 bits per heavy atom. The van der Waals surface area contributed by atoms with Crippen molar-refractivity contribution in [3.8, 4) is 5.75 Å². The molecule has 2 aromatic rings. The Hall–Kier alpha value is -2.05. The largest absolute Gasteiger partial charge is 0.494 e. The van der Waals surface area contributed by atoms with Gasteiger partial charge in [0, 0.05) is 12.2 Å². The fraction of sp³-hybridized carbons (Fsp3) is 0.478. The van der Waals surface area contributed by atoms with Crippen LogP contribution in [0, 0.1) is 0 Å². The minimum Gasteiger partial charge on any atom is -0.494 e. The van der Waals surface area contributed by atoms with E-state index in [-0.39, 0.29) is 4.90 Å². The SMILES string of the molecule is CCCCOc1ccc(S(=O)(=O)Nc2ccc([C@@H]3CCN(CCC)C3)cc2)cc1. The molecule has 0 spiro atoms. The Kier molecular flexibility index (Phi) is 7.56. The van der Waals surface area contributed by atoms with Crippen molar-refractivity contribution in [2.24, 2.45) is 0 Å². The minimum absolute atomic E-state index is 0.232. The van der Waals surface area contributed by atoms with Crippen molar-refractivity contribution >= 4 is 15.7 Å². The molecule has 1 heterocycles. The first-order valence-corrected chi connectivity index (χ1v) is 12.1. The Balaban J connectivity index is 1.60. The summed E-state index contributed by atoms with van der Waals surface area (Å²) >= 11 is 0. The lowest BCUT2D eigenvalue weighted by molar-refractivity contribution is 0.309. The van der Waals surface area contributed by atoms with Crippen LogP contribution in [0.4, 0.5) is 5.69 Å². The van der Waals surface area contributed by atoms with Gasteiger partial charge in [-0.05, 0) is 80.2 Å². The summed E-state index contributed by atoms with van der Waals surface area (Å²) in [6, 6.07) is 14.4. The molecule has 5 nitrogen and oxygen atoms in total. The number of anilines is 1. The lowest BCUT2D eigenvalue weighted by Gasteiger charge is -2.15. The molecule has 1 N–H and O–H groups in total. The molecule has 29 heavy (non-hydrogen) atoms. The zero-order valence-electron chi connectivity index (χ0n) is 17.4. The average molecular weight is 417 g/mol. The lowest BCUT2D eigenvalue weighted by Crippen LogP contribution is -2.20. The van der Waals surface area contributed by atoms with Gasteiger partial charge in [0.1, 0.15) is 5.75 Å². The highest BCUT2D eigenvalue weighted by Gasteiger charge is 2.23. The van der Waals surface area contributed by atoms with Gasteiger partial charge in [-0.25, -0.2) is 8.42 Å². The molecular weight excluding hydrogens is 384 g/mol. The van der Waals surface area contributed by atoms with E-state index in [1.165, 1.54) is 12.0 Å². The normalized spacial score (nSPS) is 17.4. The fourth-order valence-corrected chi connectivity index (χ4v) is 4.77. The molecule has 1 aliphatic heterocycles. The molecule has 1 saturated heterocycles. The van der Waals surface area contributed by atoms with E-state index in [0.29, 0.717) is 24.0 Å². The molecule has 158 valence electrons. The summed E-state index contributed by atoms with van der Waals surface area (Å²) in [4.78, 5) is 2.73. The number of hydrogen-bond donors (Lipinski definition) is 1. The maximum Gasteiger partial charge on any atom is 0.261 e. The summed E-state index contributed by atoms with van der Waals surface area (Å²) < 4.78 is 33.6. The Morgan fingerprint density at radius 2 is 1.76 bits per heavy atom. The van der Waals surface area contributed by atoms with Gasteiger partial charge in [-0.15, -0.1) is 0 Å². The standard InChI is InChI=1S/C23H32N2O3S/c1-3-5-17-28-22-10-12-23(13-11-22)29(26,27)24-21-8-6-19(7-9-21)20-14-16-25(18-20)15-4-2/h6-13,20,24H,3-5,14-18H2,1-2H3/t20-/m1/s1. The number of nitrogens with one attached hydrogen (secondary N) is 1. The third-order valence-corrected chi connectivity index (χ3v) is 6.74. The summed E-state index contributed by atoms with van der Waals surface area (Å²) in [7, 11) is -3.62. The second kappa shape index (κ2) is 10.1. The van der Waals surface area contributed by atoms with E-state index in [1.807, 2.05) is 24.3 Å². The molecule has 0 amide bonds. The number of benzene rings is 2. The summed E-state index contributed by atoms with van der Waals surface area (Å²) in [5.74, 6) is 1.22. The van der Waals surface area contributed by atoms with E-state index < -0.39 is 10.0 Å². The van der Waals surface area contributed by atoms with Crippen LogP contribution in [0.25, 0.3) is 0 Å². The van der Waals surface area contributed by atoms with Crippen molar-refractivity contribution in [1.82, 2.24) is 4.90 Å². The van der Waals surface area contributed by atoms with Gasteiger partial charge < -0.3 is 9.64 Å². The van der Waals surface area contributed by atoms with E-state index in [2.05, 4.69) is 23.5 Å². The number of likely N-dealkylation sites (tertiary alicyclic amines) is 1. The smallest absolute Gasteiger partial charge is 0.261 e. The second-order valence-corrected chi connectivity index (χ2v) is 9.37. The fourth-order valence-electron chi connectivity index (χ4n) is 3.71. The van der Waals surface area contributed by atoms with Crippen LogP contribution in [0.2, 0.25) is 0 Å². The van der Waals surface area contributed by atoms with Gasteiger partial charge in [0.15, 0.2) is 0 Å². The van der Waals surface area contributed by atoms with Crippen LogP contribution in [0.15, 0.2) is 53.4 Å². The molecule has 1 aliphatic rings. The van der Waals surface area contributed by atoms with Crippen molar-refractivity contribution in [2.75, 3.05) is 31.0 Å². The van der Waals surface area contributed by atoms with Crippen LogP contribution in [0.1, 0.15) is 51.0 Å². The van der Waals surface area contributed by atoms with Gasteiger partial charge in [0.2, 0.25) is 0 Å². The highest BCUT2D eigenvalue weighted by molar-refractivity contribution is 7.92. The van der Waals surface area contributed by atoms with Crippen molar-refractivity contribution in [1.29, 1.82) is 0 Å². The van der Waals surface area contributed by atoms with Gasteiger partial charge in [-0.3, -0.25) is 4.72 Å². The maximum absolute atomic E-state index is 12.7. The molecule has 0 unspecified atom stereocenters. The van der Waals surface area contributed by atoms with E-state index in [4.69, 9.17) is 4.74 Å². The molecule has 0 bridgehead atoms. The van der Waals surface area contributed by atoms with Gasteiger partial charge in [-0.1, -0.05) is 32.4 Å². The average Bonchev–Trinajstić information content (AvgIpc) is 3.18. The molecular formula is C23H32N2O3S. The number of nitrogens with zero attached hydrogens (tertiary/aromatic N) is 1. The summed E-state index contributed by atoms with van der Waals surface area (Å²) in [6.07, 6.45) is 4.39. The number of unbranched alkanes of at least 4 members (excludes halogenated alkanes) is 1. The molecule has 6 heteroatoms. The molecule has 2 aromatic carbocycles. The lowest BCUT2D eigenvalue weighted by atomic mass is 9.98. The second-order valence-electron chi connectivity index (χ2n) is 7.69. The first-order valence-electron chi connectivity index (χ1n) is 10.6. The number of ether oxygens (including phenoxy) is 1. The van der Waals surface area contributed by atoms with Crippen LogP contribution in [0.3, 0.4) is 0 Å². The van der Waals surface area contributed by atoms with Gasteiger partial charge in [0.05, 0.1) is 11.5 Å². The molecule has 0 saturated carbocycles. The maximum atomic E-state index is 12.7. The molecule has 0 radical (unpaired) electrons. The van der Waals surface area contributed by atoms with Crippen molar-refractivity contribution in [3.05, 3.63) is 54.1 Å². The Bertz CT molecular complexity index is 864. The van der Waals surface area contributed by atoms with Gasteiger partial charge >= 0.3 is 0 Å². The highest BCUT2D eigenvalue weighted by Crippen LogP contribution is 2.28. The molecule has 3 rings (SSSR count). The van der Waals surface area contributed by atoms with Crippen LogP contribution in [-0.2, 0) is 10.0 Å². The van der Waals surface area contributed by atoms with Crippen molar-refractivity contribution in [3.63, 3.8) is 0 Å². The van der Waals surface area contributed by atoms with Crippen molar-refractivity contribution in [2.45, 2.75) is 50.3 Å². The van der Waals surface area contributed by atoms with Crippen LogP contribution in [0.5, 0.6) is 5.75 Å². The summed E-state index contributed by atoms with van der Waals surface area (Å²) in [5, 5.41) is 0. The van der Waals surface area contributed by atoms with Gasteiger partial charge in [0.25, 0.3) is 10.0 Å². The summed E-state index contributed by atoms with van der Waals surface area (Å²) in [5.41, 5.74) is 1.86. The number of sulfonamides is 1. The van der Waals surface area contributed by atoms with E-state index >= 15 is 0 Å². The molecule has 0 aromatic heterocycles. The van der Waals surface area contributed by atoms with Crippen LogP contribution < -0.4 is 9.46 Å². The third-order valence-electron chi connectivity index (χ3n) is 5.35. The van der Waals surface area contributed by atoms with Gasteiger partial charge in [-0.2, -0.15) is 0 Å². The van der Waals surface area contributed by atoms with Crippen LogP contribution >= 0.6 is 0 Å². The van der Waals surface area contributed by atoms with Crippen molar-refractivity contribution < 1.29 is 13.2 Å². The summed E-state index contributed by atoms with van der Waals surface area (Å²) in [6.45, 7) is 8.34. The predicted octanol–water partition coefficient (Wildman–Crippen LogP) is 4.87. The third kappa shape index (κ3) is 5.97.